The predicted octanol–water partition coefficient (Wildman–Crippen LogP) is 3.26. The molecule has 1 fully saturated rings. The van der Waals surface area contributed by atoms with Gasteiger partial charge in [-0.25, -0.2) is 0 Å². The summed E-state index contributed by atoms with van der Waals surface area (Å²) in [6.07, 6.45) is 2.36. The molecule has 2 aliphatic rings. The maximum Gasteiger partial charge on any atom is 0.231 e. The first kappa shape index (κ1) is 22.7. The van der Waals surface area contributed by atoms with Gasteiger partial charge in [-0.05, 0) is 48.6 Å². The molecular formula is C23H31IN4O2. The molecular weight excluding hydrogens is 491 g/mol. The van der Waals surface area contributed by atoms with Gasteiger partial charge in [0.2, 0.25) is 6.79 Å². The predicted molar refractivity (Wildman–Crippen MR) is 131 cm³/mol. The number of benzene rings is 2. The van der Waals surface area contributed by atoms with Crippen molar-refractivity contribution >= 4 is 29.9 Å². The lowest BCUT2D eigenvalue weighted by Gasteiger charge is -2.17. The van der Waals surface area contributed by atoms with Crippen LogP contribution in [0.1, 0.15) is 17.5 Å². The Hall–Kier alpha value is -2.00. The molecule has 0 amide bonds. The molecule has 162 valence electrons. The number of rotatable bonds is 7. The fraction of sp³-hybridized carbons (Fsp3) is 0.435. The molecule has 1 unspecified atom stereocenters. The van der Waals surface area contributed by atoms with E-state index in [-0.39, 0.29) is 24.0 Å². The van der Waals surface area contributed by atoms with Crippen LogP contribution in [0.2, 0.25) is 0 Å². The Labute approximate surface area is 196 Å². The topological polar surface area (TPSA) is 58.1 Å². The van der Waals surface area contributed by atoms with Crippen molar-refractivity contribution in [2.75, 3.05) is 40.0 Å². The molecule has 30 heavy (non-hydrogen) atoms. The standard InChI is InChI=1S/C23H30N4O2.HI/c1-24-23(25-14-19-7-8-21-22(13-19)29-17-28-21)26-15-20-10-12-27(16-20)11-9-18-5-3-2-4-6-18;/h2-8,13,20H,9-12,14-17H2,1H3,(H2,24,25,26);1H. The van der Waals surface area contributed by atoms with Gasteiger partial charge in [-0.1, -0.05) is 36.4 Å². The van der Waals surface area contributed by atoms with Gasteiger partial charge in [0, 0.05) is 33.2 Å². The van der Waals surface area contributed by atoms with Crippen LogP contribution in [0.4, 0.5) is 0 Å². The van der Waals surface area contributed by atoms with Gasteiger partial charge in [-0.2, -0.15) is 0 Å². The molecule has 0 spiro atoms. The number of likely N-dealkylation sites (tertiary alicyclic amines) is 1. The average molecular weight is 522 g/mol. The van der Waals surface area contributed by atoms with Crippen molar-refractivity contribution in [1.29, 1.82) is 0 Å². The monoisotopic (exact) mass is 522 g/mol. The fourth-order valence-corrected chi connectivity index (χ4v) is 3.91. The van der Waals surface area contributed by atoms with E-state index >= 15 is 0 Å². The van der Waals surface area contributed by atoms with Crippen molar-refractivity contribution in [3.05, 3.63) is 59.7 Å². The Balaban J connectivity index is 0.00000256. The van der Waals surface area contributed by atoms with E-state index in [0.29, 0.717) is 19.3 Å². The normalized spacial score (nSPS) is 18.2. The summed E-state index contributed by atoms with van der Waals surface area (Å²) < 4.78 is 10.8. The molecule has 2 heterocycles. The molecule has 2 N–H and O–H groups in total. The first-order valence-electron chi connectivity index (χ1n) is 10.4. The Morgan fingerprint density at radius 3 is 2.73 bits per heavy atom. The zero-order chi connectivity index (χ0) is 19.9. The third-order valence-corrected chi connectivity index (χ3v) is 5.61. The van der Waals surface area contributed by atoms with Crippen LogP contribution < -0.4 is 20.1 Å². The Morgan fingerprint density at radius 1 is 1.07 bits per heavy atom. The second-order valence-electron chi connectivity index (χ2n) is 7.69. The molecule has 0 saturated carbocycles. The van der Waals surface area contributed by atoms with E-state index < -0.39 is 0 Å². The largest absolute Gasteiger partial charge is 0.454 e. The highest BCUT2D eigenvalue weighted by Gasteiger charge is 2.22. The highest BCUT2D eigenvalue weighted by atomic mass is 127. The van der Waals surface area contributed by atoms with Gasteiger partial charge in [0.05, 0.1) is 0 Å². The van der Waals surface area contributed by atoms with Gasteiger partial charge < -0.3 is 25.0 Å². The number of nitrogens with zero attached hydrogens (tertiary/aromatic N) is 2. The second kappa shape index (κ2) is 11.4. The third-order valence-electron chi connectivity index (χ3n) is 5.61. The number of ether oxygens (including phenoxy) is 2. The van der Waals surface area contributed by atoms with Crippen molar-refractivity contribution in [3.63, 3.8) is 0 Å². The maximum absolute atomic E-state index is 5.44. The van der Waals surface area contributed by atoms with Gasteiger partial charge in [-0.3, -0.25) is 4.99 Å². The third kappa shape index (κ3) is 6.25. The summed E-state index contributed by atoms with van der Waals surface area (Å²) in [5.41, 5.74) is 2.56. The number of aliphatic imine (C=N–C) groups is 1. The number of guanidine groups is 1. The summed E-state index contributed by atoms with van der Waals surface area (Å²) in [6.45, 7) is 5.42. The summed E-state index contributed by atoms with van der Waals surface area (Å²) >= 11 is 0. The van der Waals surface area contributed by atoms with E-state index in [2.05, 4.69) is 56.9 Å². The SMILES string of the molecule is CN=C(NCc1ccc2c(c1)OCO2)NCC1CCN(CCc2ccccc2)C1.I. The second-order valence-corrected chi connectivity index (χ2v) is 7.69. The fourth-order valence-electron chi connectivity index (χ4n) is 3.91. The molecule has 2 aliphatic heterocycles. The van der Waals surface area contributed by atoms with Crippen LogP contribution in [0.25, 0.3) is 0 Å². The molecule has 1 atom stereocenters. The average Bonchev–Trinajstić information content (AvgIpc) is 3.42. The zero-order valence-electron chi connectivity index (χ0n) is 17.5. The lowest BCUT2D eigenvalue weighted by Crippen LogP contribution is -2.40. The first-order chi connectivity index (χ1) is 14.3. The van der Waals surface area contributed by atoms with Crippen molar-refractivity contribution in [1.82, 2.24) is 15.5 Å². The number of hydrogen-bond acceptors (Lipinski definition) is 4. The van der Waals surface area contributed by atoms with Crippen molar-refractivity contribution in [3.8, 4) is 11.5 Å². The molecule has 0 aliphatic carbocycles. The molecule has 0 aromatic heterocycles. The van der Waals surface area contributed by atoms with E-state index in [0.717, 1.165) is 49.1 Å². The van der Waals surface area contributed by atoms with E-state index in [9.17, 15) is 0 Å². The maximum atomic E-state index is 5.44. The van der Waals surface area contributed by atoms with Crippen molar-refractivity contribution in [2.45, 2.75) is 19.4 Å². The van der Waals surface area contributed by atoms with Crippen LogP contribution in [0.5, 0.6) is 11.5 Å². The van der Waals surface area contributed by atoms with Gasteiger partial charge >= 0.3 is 0 Å². The van der Waals surface area contributed by atoms with E-state index in [1.54, 1.807) is 0 Å². The zero-order valence-corrected chi connectivity index (χ0v) is 19.8. The van der Waals surface area contributed by atoms with Crippen LogP contribution in [0, 0.1) is 5.92 Å². The highest BCUT2D eigenvalue weighted by molar-refractivity contribution is 14.0. The Bertz CT molecular complexity index is 831. The lowest BCUT2D eigenvalue weighted by molar-refractivity contribution is 0.174. The molecule has 2 aromatic carbocycles. The number of nitrogens with one attached hydrogen (secondary N) is 2. The van der Waals surface area contributed by atoms with Crippen LogP contribution in [0.3, 0.4) is 0 Å². The number of hydrogen-bond donors (Lipinski definition) is 2. The highest BCUT2D eigenvalue weighted by Crippen LogP contribution is 2.32. The molecule has 2 aromatic rings. The minimum absolute atomic E-state index is 0. The smallest absolute Gasteiger partial charge is 0.231 e. The molecule has 0 bridgehead atoms. The van der Waals surface area contributed by atoms with E-state index in [4.69, 9.17) is 9.47 Å². The first-order valence-corrected chi connectivity index (χ1v) is 10.4. The molecule has 0 radical (unpaired) electrons. The van der Waals surface area contributed by atoms with Crippen LogP contribution in [-0.4, -0.2) is 50.9 Å². The van der Waals surface area contributed by atoms with Crippen LogP contribution >= 0.6 is 24.0 Å². The molecule has 1 saturated heterocycles. The minimum atomic E-state index is 0. The van der Waals surface area contributed by atoms with Crippen molar-refractivity contribution < 1.29 is 9.47 Å². The summed E-state index contributed by atoms with van der Waals surface area (Å²) in [7, 11) is 1.82. The van der Waals surface area contributed by atoms with E-state index in [1.807, 2.05) is 19.2 Å². The number of fused-ring (bicyclic) bond motifs is 1. The van der Waals surface area contributed by atoms with Crippen molar-refractivity contribution in [2.24, 2.45) is 10.9 Å². The number of halogens is 1. The molecule has 6 nitrogen and oxygen atoms in total. The molecule has 4 rings (SSSR count). The van der Waals surface area contributed by atoms with Crippen LogP contribution in [-0.2, 0) is 13.0 Å². The summed E-state index contributed by atoms with van der Waals surface area (Å²) in [4.78, 5) is 6.93. The van der Waals surface area contributed by atoms with Gasteiger partial charge in [-0.15, -0.1) is 24.0 Å². The molecule has 7 heteroatoms. The minimum Gasteiger partial charge on any atom is -0.454 e. The van der Waals surface area contributed by atoms with E-state index in [1.165, 1.54) is 18.5 Å². The van der Waals surface area contributed by atoms with Gasteiger partial charge in [0.1, 0.15) is 0 Å². The van der Waals surface area contributed by atoms with Gasteiger partial charge in [0.15, 0.2) is 17.5 Å². The lowest BCUT2D eigenvalue weighted by atomic mass is 10.1. The quantitative estimate of drug-likeness (QED) is 0.332. The van der Waals surface area contributed by atoms with Gasteiger partial charge in [0.25, 0.3) is 0 Å². The Kier molecular flexibility index (Phi) is 8.62. The summed E-state index contributed by atoms with van der Waals surface area (Å²) in [6, 6.07) is 16.8. The van der Waals surface area contributed by atoms with Crippen LogP contribution in [0.15, 0.2) is 53.5 Å². The summed E-state index contributed by atoms with van der Waals surface area (Å²) in [5, 5.41) is 6.87. The summed E-state index contributed by atoms with van der Waals surface area (Å²) in [5.74, 6) is 3.13. The Morgan fingerprint density at radius 2 is 1.90 bits per heavy atom.